The molecule has 0 aliphatic rings. The van der Waals surface area contributed by atoms with Crippen LogP contribution in [0.5, 0.6) is 0 Å². The Balaban J connectivity index is 1.92. The van der Waals surface area contributed by atoms with Gasteiger partial charge in [0, 0.05) is 0 Å². The van der Waals surface area contributed by atoms with E-state index in [0.29, 0.717) is 19.7 Å². The van der Waals surface area contributed by atoms with Gasteiger partial charge in [0.15, 0.2) is 6.10 Å². The number of carbonyl (C=O) groups is 1. The first-order valence-electron chi connectivity index (χ1n) is 8.01. The molecule has 1 N–H and O–H groups in total. The largest absolute Gasteiger partial charge is 0.497 e. The van der Waals surface area contributed by atoms with Gasteiger partial charge in [-0.2, -0.15) is 0 Å². The molecule has 2 aromatic rings. The molecule has 2 aromatic carbocycles. The van der Waals surface area contributed by atoms with Gasteiger partial charge in [-0.3, -0.25) is 4.79 Å². The number of aliphatic hydroxyl groups excluding tert-OH is 1. The normalized spacial score (nSPS) is 13.3. The summed E-state index contributed by atoms with van der Waals surface area (Å²) in [5.74, 6) is 0. The van der Waals surface area contributed by atoms with Gasteiger partial charge in [0.2, 0.25) is 0 Å². The van der Waals surface area contributed by atoms with Crippen LogP contribution in [0.3, 0.4) is 0 Å². The third-order valence-corrected chi connectivity index (χ3v) is 3.52. The summed E-state index contributed by atoms with van der Waals surface area (Å²) in [6.45, 7) is 0.702. The molecule has 0 unspecified atom stereocenters. The first kappa shape index (κ1) is 18.7. The molecule has 0 bridgehead atoms. The minimum absolute atomic E-state index is 0.304. The molecule has 2 rings (SSSR count). The Morgan fingerprint density at radius 2 is 1.52 bits per heavy atom. The molecule has 0 aromatic heterocycles. The highest BCUT2D eigenvalue weighted by atomic mass is 16.6. The summed E-state index contributed by atoms with van der Waals surface area (Å²) in [4.78, 5) is 10.6. The lowest BCUT2D eigenvalue weighted by molar-refractivity contribution is -0.143. The number of carbonyl (C=O) groups excluding carboxylic acids is 1. The Bertz CT molecular complexity index is 627. The van der Waals surface area contributed by atoms with Crippen LogP contribution in [0.1, 0.15) is 11.1 Å². The fourth-order valence-corrected chi connectivity index (χ4v) is 2.20. The van der Waals surface area contributed by atoms with Crippen molar-refractivity contribution < 1.29 is 24.1 Å². The molecule has 0 saturated carbocycles. The first-order chi connectivity index (χ1) is 12.3. The van der Waals surface area contributed by atoms with E-state index in [1.807, 2.05) is 60.7 Å². The summed E-state index contributed by atoms with van der Waals surface area (Å²) in [5, 5.41) is 9.42. The van der Waals surface area contributed by atoms with Crippen molar-refractivity contribution in [1.29, 1.82) is 0 Å². The van der Waals surface area contributed by atoms with Crippen LogP contribution in [0.25, 0.3) is 0 Å². The van der Waals surface area contributed by atoms with E-state index in [1.165, 1.54) is 6.26 Å². The Morgan fingerprint density at radius 3 is 2.08 bits per heavy atom. The molecular weight excluding hydrogens is 320 g/mol. The Morgan fingerprint density at radius 1 is 0.920 bits per heavy atom. The maximum absolute atomic E-state index is 10.6. The summed E-state index contributed by atoms with van der Waals surface area (Å²) in [6.07, 6.45) is 1.72. The average Bonchev–Trinajstić information content (AvgIpc) is 2.67. The zero-order valence-electron chi connectivity index (χ0n) is 13.9. The van der Waals surface area contributed by atoms with Gasteiger partial charge in [0.1, 0.15) is 12.7 Å². The van der Waals surface area contributed by atoms with Crippen LogP contribution in [0.15, 0.2) is 73.0 Å². The summed E-state index contributed by atoms with van der Waals surface area (Å²) >= 11 is 0. The second kappa shape index (κ2) is 11.0. The van der Waals surface area contributed by atoms with Crippen molar-refractivity contribution in [3.8, 4) is 0 Å². The second-order valence-electron chi connectivity index (χ2n) is 5.34. The van der Waals surface area contributed by atoms with Crippen LogP contribution >= 0.6 is 0 Å². The molecule has 0 heterocycles. The van der Waals surface area contributed by atoms with E-state index in [0.717, 1.165) is 11.1 Å². The predicted molar refractivity (Wildman–Crippen MR) is 93.4 cm³/mol. The van der Waals surface area contributed by atoms with E-state index >= 15 is 0 Å². The second-order valence-corrected chi connectivity index (χ2v) is 5.34. The Labute approximate surface area is 147 Å². The van der Waals surface area contributed by atoms with Gasteiger partial charge < -0.3 is 19.3 Å². The topological polar surface area (TPSA) is 65.0 Å². The van der Waals surface area contributed by atoms with Crippen molar-refractivity contribution in [3.63, 3.8) is 0 Å². The molecule has 0 spiro atoms. The number of hydrogen-bond donors (Lipinski definition) is 1. The predicted octanol–water partition coefficient (Wildman–Crippen LogP) is 2.84. The van der Waals surface area contributed by atoms with E-state index < -0.39 is 12.2 Å². The van der Waals surface area contributed by atoms with Crippen LogP contribution in [0, 0.1) is 0 Å². The van der Waals surface area contributed by atoms with E-state index in [9.17, 15) is 9.90 Å². The van der Waals surface area contributed by atoms with Crippen LogP contribution in [0.4, 0.5) is 0 Å². The fourth-order valence-electron chi connectivity index (χ4n) is 2.20. The van der Waals surface area contributed by atoms with Gasteiger partial charge in [-0.1, -0.05) is 60.7 Å². The van der Waals surface area contributed by atoms with Crippen molar-refractivity contribution >= 4 is 6.47 Å². The van der Waals surface area contributed by atoms with Crippen LogP contribution in [-0.4, -0.2) is 30.4 Å². The number of rotatable bonds is 11. The van der Waals surface area contributed by atoms with Crippen LogP contribution in [0.2, 0.25) is 0 Å². The van der Waals surface area contributed by atoms with Crippen molar-refractivity contribution in [3.05, 3.63) is 84.1 Å². The molecule has 0 fully saturated rings. The van der Waals surface area contributed by atoms with Crippen LogP contribution in [-0.2, 0) is 32.2 Å². The Kier molecular flexibility index (Phi) is 8.24. The lowest BCUT2D eigenvalue weighted by atomic mass is 10.2. The zero-order chi connectivity index (χ0) is 17.7. The monoisotopic (exact) mass is 342 g/mol. The molecule has 2 atom stereocenters. The molecule has 0 aliphatic heterocycles. The summed E-state index contributed by atoms with van der Waals surface area (Å²) in [5.41, 5.74) is 2.02. The van der Waals surface area contributed by atoms with Crippen molar-refractivity contribution in [2.75, 3.05) is 6.61 Å². The molecule has 5 nitrogen and oxygen atoms in total. The number of ether oxygens (including phenoxy) is 3. The van der Waals surface area contributed by atoms with Crippen molar-refractivity contribution in [1.82, 2.24) is 0 Å². The van der Waals surface area contributed by atoms with Gasteiger partial charge in [-0.25, -0.2) is 0 Å². The molecule has 132 valence electrons. The van der Waals surface area contributed by atoms with E-state index in [1.54, 1.807) is 6.08 Å². The average molecular weight is 342 g/mol. The highest BCUT2D eigenvalue weighted by Crippen LogP contribution is 2.11. The number of aliphatic hydroxyl groups is 1. The van der Waals surface area contributed by atoms with Gasteiger partial charge in [-0.05, 0) is 17.2 Å². The summed E-state index contributed by atoms with van der Waals surface area (Å²) < 4.78 is 16.2. The molecule has 0 amide bonds. The molecule has 5 heteroatoms. The van der Waals surface area contributed by atoms with Crippen LogP contribution < -0.4 is 0 Å². The zero-order valence-corrected chi connectivity index (χ0v) is 13.9. The van der Waals surface area contributed by atoms with Gasteiger partial charge in [-0.15, -0.1) is 0 Å². The summed E-state index contributed by atoms with van der Waals surface area (Å²) in [6, 6.07) is 19.4. The third-order valence-electron chi connectivity index (χ3n) is 3.52. The highest BCUT2D eigenvalue weighted by Gasteiger charge is 2.20. The maximum atomic E-state index is 10.6. The number of hydrogen-bond acceptors (Lipinski definition) is 5. The maximum Gasteiger partial charge on any atom is 0.293 e. The van der Waals surface area contributed by atoms with Gasteiger partial charge in [0.05, 0.1) is 19.5 Å². The third kappa shape index (κ3) is 6.79. The minimum Gasteiger partial charge on any atom is -0.497 e. The van der Waals surface area contributed by atoms with E-state index in [2.05, 4.69) is 0 Å². The van der Waals surface area contributed by atoms with Crippen molar-refractivity contribution in [2.24, 2.45) is 0 Å². The number of benzene rings is 2. The smallest absolute Gasteiger partial charge is 0.293 e. The SMILES string of the molecule is O=CO[C@H](CO)[C@@H](/C=C/OCc1ccccc1)OCc1ccccc1. The molecule has 0 radical (unpaired) electrons. The Hall–Kier alpha value is -2.63. The summed E-state index contributed by atoms with van der Waals surface area (Å²) in [7, 11) is 0. The molecular formula is C20H22O5. The quantitative estimate of drug-likeness (QED) is 0.502. The van der Waals surface area contributed by atoms with E-state index in [-0.39, 0.29) is 6.61 Å². The van der Waals surface area contributed by atoms with Gasteiger partial charge >= 0.3 is 0 Å². The van der Waals surface area contributed by atoms with E-state index in [4.69, 9.17) is 14.2 Å². The van der Waals surface area contributed by atoms with Crippen molar-refractivity contribution in [2.45, 2.75) is 25.4 Å². The standard InChI is InChI=1S/C20H22O5/c21-13-20(25-16-22)19(24-15-18-9-5-2-6-10-18)11-12-23-14-17-7-3-1-4-8-17/h1-12,16,19-21H,13-15H2/b12-11+/t19-,20-/m1/s1. The lowest BCUT2D eigenvalue weighted by Gasteiger charge is -2.21. The molecule has 25 heavy (non-hydrogen) atoms. The fraction of sp³-hybridized carbons (Fsp3) is 0.250. The minimum atomic E-state index is -0.794. The molecule has 0 aliphatic carbocycles. The highest BCUT2D eigenvalue weighted by molar-refractivity contribution is 5.37. The molecule has 0 saturated heterocycles. The lowest BCUT2D eigenvalue weighted by Crippen LogP contribution is -2.33. The first-order valence-corrected chi connectivity index (χ1v) is 8.01. The van der Waals surface area contributed by atoms with Gasteiger partial charge in [0.25, 0.3) is 6.47 Å².